The van der Waals surface area contributed by atoms with E-state index in [-0.39, 0.29) is 17.5 Å². The third-order valence-corrected chi connectivity index (χ3v) is 7.94. The molecule has 0 radical (unpaired) electrons. The van der Waals surface area contributed by atoms with Gasteiger partial charge in [0.25, 0.3) is 5.56 Å². The van der Waals surface area contributed by atoms with Crippen LogP contribution in [0.25, 0.3) is 0 Å². The fourth-order valence-electron chi connectivity index (χ4n) is 5.99. The van der Waals surface area contributed by atoms with Gasteiger partial charge in [0.2, 0.25) is 5.91 Å². The van der Waals surface area contributed by atoms with Crippen LogP contribution in [-0.4, -0.2) is 44.8 Å². The molecule has 1 saturated carbocycles. The van der Waals surface area contributed by atoms with E-state index in [1.165, 1.54) is 25.7 Å². The molecule has 176 valence electrons. The zero-order valence-corrected chi connectivity index (χ0v) is 20.0. The number of carbonyl (C=O) groups is 1. The van der Waals surface area contributed by atoms with E-state index >= 15 is 0 Å². The normalized spacial score (nSPS) is 25.8. The van der Waals surface area contributed by atoms with Gasteiger partial charge in [0.15, 0.2) is 0 Å². The van der Waals surface area contributed by atoms with Crippen molar-refractivity contribution >= 4 is 5.91 Å². The fraction of sp³-hybridized carbons (Fsp3) is 0.593. The highest BCUT2D eigenvalue weighted by Crippen LogP contribution is 2.32. The van der Waals surface area contributed by atoms with Gasteiger partial charge >= 0.3 is 0 Å². The van der Waals surface area contributed by atoms with Gasteiger partial charge in [0.1, 0.15) is 5.82 Å². The minimum Gasteiger partial charge on any atom is -0.332 e. The number of nitrogens with zero attached hydrogens (tertiary/aromatic N) is 3. The number of aryl methyl sites for hydroxylation is 1. The molecular formula is C27H36N4O2. The number of likely N-dealkylation sites (tertiary alicyclic amines) is 1. The van der Waals surface area contributed by atoms with Crippen molar-refractivity contribution in [1.82, 2.24) is 19.8 Å². The largest absolute Gasteiger partial charge is 0.332 e. The first-order valence-corrected chi connectivity index (χ1v) is 12.7. The van der Waals surface area contributed by atoms with Gasteiger partial charge in [0.05, 0.1) is 23.7 Å². The number of aromatic amines is 1. The second-order valence-corrected chi connectivity index (χ2v) is 10.4. The lowest BCUT2D eigenvalue weighted by molar-refractivity contribution is -0.131. The van der Waals surface area contributed by atoms with E-state index in [1.807, 2.05) is 30.0 Å². The van der Waals surface area contributed by atoms with Gasteiger partial charge in [-0.3, -0.25) is 14.5 Å². The summed E-state index contributed by atoms with van der Waals surface area (Å²) < 4.78 is 0. The Morgan fingerprint density at radius 3 is 2.76 bits per heavy atom. The number of hydrogen-bond donors (Lipinski definition) is 1. The quantitative estimate of drug-likeness (QED) is 0.770. The molecule has 1 aromatic heterocycles. The average Bonchev–Trinajstić information content (AvgIpc) is 3.30. The van der Waals surface area contributed by atoms with Crippen LogP contribution in [-0.2, 0) is 24.2 Å². The molecule has 1 amide bonds. The van der Waals surface area contributed by atoms with Crippen LogP contribution < -0.4 is 5.56 Å². The number of hydrogen-bond acceptors (Lipinski definition) is 4. The summed E-state index contributed by atoms with van der Waals surface area (Å²) in [5.41, 5.74) is 3.96. The Balaban J connectivity index is 1.31. The Hall–Kier alpha value is -2.47. The highest BCUT2D eigenvalue weighted by atomic mass is 16.2. The lowest BCUT2D eigenvalue weighted by Gasteiger charge is -2.38. The molecule has 3 aliphatic rings. The van der Waals surface area contributed by atoms with E-state index in [4.69, 9.17) is 4.98 Å². The summed E-state index contributed by atoms with van der Waals surface area (Å²) in [5.74, 6) is 1.61. The monoisotopic (exact) mass is 448 g/mol. The number of fused-ring (bicyclic) bond motifs is 1. The lowest BCUT2D eigenvalue weighted by Crippen LogP contribution is -2.44. The summed E-state index contributed by atoms with van der Waals surface area (Å²) in [6, 6.07) is 8.59. The highest BCUT2D eigenvalue weighted by Gasteiger charge is 2.34. The number of aromatic nitrogens is 2. The van der Waals surface area contributed by atoms with Gasteiger partial charge in [-0.1, -0.05) is 36.8 Å². The van der Waals surface area contributed by atoms with Crippen molar-refractivity contribution in [2.45, 2.75) is 83.8 Å². The summed E-state index contributed by atoms with van der Waals surface area (Å²) in [5, 5.41) is 0. The van der Waals surface area contributed by atoms with Crippen LogP contribution in [0.1, 0.15) is 79.7 Å². The van der Waals surface area contributed by atoms with Crippen molar-refractivity contribution in [2.75, 3.05) is 13.1 Å². The molecule has 1 N–H and O–H groups in total. The van der Waals surface area contributed by atoms with E-state index in [1.54, 1.807) is 0 Å². The second-order valence-electron chi connectivity index (χ2n) is 10.4. The number of amides is 1. The van der Waals surface area contributed by atoms with Crippen molar-refractivity contribution in [2.24, 2.45) is 5.92 Å². The predicted molar refractivity (Wildman–Crippen MR) is 129 cm³/mol. The summed E-state index contributed by atoms with van der Waals surface area (Å²) in [6.07, 6.45) is 8.06. The SMILES string of the molecule is Cc1cccc(CC(=O)N2CCC[C@H]2c2nc3c(c(=O)[nH]2)CN(C2CCC(C)CC2)CC3)c1. The molecule has 2 fully saturated rings. The van der Waals surface area contributed by atoms with E-state index in [0.29, 0.717) is 24.8 Å². The van der Waals surface area contributed by atoms with Gasteiger partial charge in [-0.25, -0.2) is 4.98 Å². The van der Waals surface area contributed by atoms with Crippen molar-refractivity contribution < 1.29 is 4.79 Å². The standard InChI is InChI=1S/C27H36N4O2/c1-18-8-10-21(11-9-18)30-14-12-23-22(17-30)27(33)29-26(28-23)24-7-4-13-31(24)25(32)16-20-6-3-5-19(2)15-20/h3,5-6,15,18,21,24H,4,7-14,16-17H2,1-2H3,(H,28,29,33)/t18?,21?,24-/m0/s1. The first kappa shape index (κ1) is 22.3. The van der Waals surface area contributed by atoms with E-state index in [0.717, 1.165) is 60.7 Å². The minimum atomic E-state index is -0.127. The molecule has 33 heavy (non-hydrogen) atoms. The van der Waals surface area contributed by atoms with E-state index < -0.39 is 0 Å². The molecule has 1 aliphatic carbocycles. The molecule has 5 rings (SSSR count). The van der Waals surface area contributed by atoms with Gasteiger partial charge in [-0.05, 0) is 56.9 Å². The predicted octanol–water partition coefficient (Wildman–Crippen LogP) is 3.92. The molecule has 1 aromatic carbocycles. The van der Waals surface area contributed by atoms with Gasteiger partial charge in [0, 0.05) is 32.1 Å². The molecule has 2 aromatic rings. The van der Waals surface area contributed by atoms with Crippen molar-refractivity contribution in [1.29, 1.82) is 0 Å². The second kappa shape index (κ2) is 9.41. The van der Waals surface area contributed by atoms with Crippen LogP contribution in [0.3, 0.4) is 0 Å². The third kappa shape index (κ3) is 4.77. The molecule has 1 saturated heterocycles. The summed E-state index contributed by atoms with van der Waals surface area (Å²) in [6.45, 7) is 6.80. The molecule has 0 bridgehead atoms. The van der Waals surface area contributed by atoms with Crippen molar-refractivity contribution in [3.8, 4) is 0 Å². The number of rotatable bonds is 4. The molecule has 6 nitrogen and oxygen atoms in total. The number of carbonyl (C=O) groups excluding carboxylic acids is 1. The molecule has 6 heteroatoms. The average molecular weight is 449 g/mol. The van der Waals surface area contributed by atoms with Crippen LogP contribution in [0.4, 0.5) is 0 Å². The van der Waals surface area contributed by atoms with Crippen molar-refractivity contribution in [3.05, 3.63) is 62.8 Å². The molecule has 0 spiro atoms. The van der Waals surface area contributed by atoms with Gasteiger partial charge < -0.3 is 9.88 Å². The number of H-pyrrole nitrogens is 1. The first-order chi connectivity index (χ1) is 16.0. The molecule has 1 atom stereocenters. The minimum absolute atomic E-state index is 0.0122. The number of nitrogens with one attached hydrogen (secondary N) is 1. The summed E-state index contributed by atoms with van der Waals surface area (Å²) in [7, 11) is 0. The maximum atomic E-state index is 13.1. The molecule has 0 unspecified atom stereocenters. The topological polar surface area (TPSA) is 69.3 Å². The summed E-state index contributed by atoms with van der Waals surface area (Å²) in [4.78, 5) is 38.6. The Morgan fingerprint density at radius 1 is 1.15 bits per heavy atom. The third-order valence-electron chi connectivity index (χ3n) is 7.94. The Bertz CT molecular complexity index is 1070. The van der Waals surface area contributed by atoms with Crippen LogP contribution >= 0.6 is 0 Å². The van der Waals surface area contributed by atoms with Crippen LogP contribution in [0.2, 0.25) is 0 Å². The van der Waals surface area contributed by atoms with Crippen LogP contribution in [0.5, 0.6) is 0 Å². The maximum Gasteiger partial charge on any atom is 0.255 e. The maximum absolute atomic E-state index is 13.1. The van der Waals surface area contributed by atoms with Crippen LogP contribution in [0, 0.1) is 12.8 Å². The molecule has 3 heterocycles. The zero-order chi connectivity index (χ0) is 22.9. The molecule has 2 aliphatic heterocycles. The smallest absolute Gasteiger partial charge is 0.255 e. The first-order valence-electron chi connectivity index (χ1n) is 12.7. The Kier molecular flexibility index (Phi) is 6.37. The van der Waals surface area contributed by atoms with Crippen LogP contribution in [0.15, 0.2) is 29.1 Å². The molecular weight excluding hydrogens is 412 g/mol. The van der Waals surface area contributed by atoms with Crippen molar-refractivity contribution in [3.63, 3.8) is 0 Å². The Labute approximate surface area is 196 Å². The number of benzene rings is 1. The van der Waals surface area contributed by atoms with E-state index in [9.17, 15) is 9.59 Å². The fourth-order valence-corrected chi connectivity index (χ4v) is 5.99. The van der Waals surface area contributed by atoms with Gasteiger partial charge in [-0.15, -0.1) is 0 Å². The zero-order valence-electron chi connectivity index (χ0n) is 20.0. The van der Waals surface area contributed by atoms with E-state index in [2.05, 4.69) is 22.9 Å². The van der Waals surface area contributed by atoms with Gasteiger partial charge in [-0.2, -0.15) is 0 Å². The Morgan fingerprint density at radius 2 is 1.97 bits per heavy atom. The lowest BCUT2D eigenvalue weighted by atomic mass is 9.86. The summed E-state index contributed by atoms with van der Waals surface area (Å²) >= 11 is 0. The highest BCUT2D eigenvalue weighted by molar-refractivity contribution is 5.79.